The molecule has 110 valence electrons. The van der Waals surface area contributed by atoms with Crippen LogP contribution in [0.15, 0.2) is 35.7 Å². The van der Waals surface area contributed by atoms with Crippen LogP contribution in [0.2, 0.25) is 0 Å². The van der Waals surface area contributed by atoms with Crippen molar-refractivity contribution in [1.82, 2.24) is 5.32 Å². The highest BCUT2D eigenvalue weighted by atomic mass is 32.1. The highest BCUT2D eigenvalue weighted by Crippen LogP contribution is 2.15. The Kier molecular flexibility index (Phi) is 4.94. The number of aliphatic carboxylic acids is 1. The number of benzene rings is 1. The Morgan fingerprint density at radius 2 is 1.90 bits per heavy atom. The minimum absolute atomic E-state index is 0.0237. The van der Waals surface area contributed by atoms with E-state index in [0.29, 0.717) is 17.8 Å². The first kappa shape index (κ1) is 15.1. The topological polar surface area (TPSA) is 78.4 Å². The van der Waals surface area contributed by atoms with Gasteiger partial charge in [-0.05, 0) is 41.6 Å². The van der Waals surface area contributed by atoms with Crippen molar-refractivity contribution in [1.29, 1.82) is 0 Å². The molecule has 0 saturated carbocycles. The molecule has 2 amide bonds. The zero-order valence-corrected chi connectivity index (χ0v) is 12.4. The number of anilines is 1. The molecule has 1 heterocycles. The van der Waals surface area contributed by atoms with Crippen molar-refractivity contribution >= 4 is 29.0 Å². The lowest BCUT2D eigenvalue weighted by Gasteiger charge is -2.08. The number of carbonyl (C=O) groups is 2. The molecule has 0 bridgehead atoms. The van der Waals surface area contributed by atoms with Crippen LogP contribution in [0.3, 0.4) is 0 Å². The number of nitrogens with one attached hydrogen (secondary N) is 2. The van der Waals surface area contributed by atoms with Gasteiger partial charge in [-0.3, -0.25) is 4.79 Å². The van der Waals surface area contributed by atoms with E-state index in [0.717, 1.165) is 4.88 Å². The number of aryl methyl sites for hydroxylation is 1. The van der Waals surface area contributed by atoms with Crippen LogP contribution in [0.5, 0.6) is 0 Å². The van der Waals surface area contributed by atoms with Gasteiger partial charge in [-0.25, -0.2) is 4.79 Å². The first-order chi connectivity index (χ1) is 10.0. The molecule has 21 heavy (non-hydrogen) atoms. The highest BCUT2D eigenvalue weighted by molar-refractivity contribution is 7.10. The van der Waals surface area contributed by atoms with Gasteiger partial charge in [0, 0.05) is 10.6 Å². The number of amides is 2. The van der Waals surface area contributed by atoms with Crippen LogP contribution in [0.4, 0.5) is 10.5 Å². The Bertz CT molecular complexity index is 635. The van der Waals surface area contributed by atoms with Gasteiger partial charge in [0.05, 0.1) is 13.0 Å². The molecule has 0 fully saturated rings. The second-order valence-corrected chi connectivity index (χ2v) is 5.60. The second kappa shape index (κ2) is 6.90. The summed E-state index contributed by atoms with van der Waals surface area (Å²) in [5.41, 5.74) is 2.49. The summed E-state index contributed by atoms with van der Waals surface area (Å²) in [7, 11) is 0. The van der Waals surface area contributed by atoms with E-state index in [4.69, 9.17) is 5.11 Å². The standard InChI is InChI=1S/C15H16N2O3S/c1-10-6-7-21-13(10)9-16-15(20)17-12-4-2-11(3-5-12)8-14(18)19/h2-7H,8-9H2,1H3,(H,18,19)(H2,16,17,20). The minimum atomic E-state index is -0.875. The third-order valence-electron chi connectivity index (χ3n) is 2.94. The monoisotopic (exact) mass is 304 g/mol. The molecular weight excluding hydrogens is 288 g/mol. The summed E-state index contributed by atoms with van der Waals surface area (Å²) in [6, 6.07) is 8.48. The summed E-state index contributed by atoms with van der Waals surface area (Å²) in [6.07, 6.45) is -0.0237. The maximum absolute atomic E-state index is 11.8. The van der Waals surface area contributed by atoms with Crippen molar-refractivity contribution in [2.75, 3.05) is 5.32 Å². The Morgan fingerprint density at radius 1 is 1.19 bits per heavy atom. The van der Waals surface area contributed by atoms with E-state index in [1.54, 1.807) is 35.6 Å². The molecule has 2 aromatic rings. The normalized spacial score (nSPS) is 10.1. The average Bonchev–Trinajstić information content (AvgIpc) is 2.84. The first-order valence-corrected chi connectivity index (χ1v) is 7.31. The van der Waals surface area contributed by atoms with Crippen LogP contribution in [-0.4, -0.2) is 17.1 Å². The summed E-state index contributed by atoms with van der Waals surface area (Å²) in [5.74, 6) is -0.875. The lowest BCUT2D eigenvalue weighted by Crippen LogP contribution is -2.28. The molecular formula is C15H16N2O3S. The molecule has 3 N–H and O–H groups in total. The molecule has 0 atom stereocenters. The molecule has 1 aromatic heterocycles. The molecule has 0 aliphatic heterocycles. The van der Waals surface area contributed by atoms with Crippen LogP contribution in [0.25, 0.3) is 0 Å². The van der Waals surface area contributed by atoms with Crippen LogP contribution in [0.1, 0.15) is 16.0 Å². The van der Waals surface area contributed by atoms with Crippen molar-refractivity contribution in [3.63, 3.8) is 0 Å². The molecule has 6 heteroatoms. The maximum Gasteiger partial charge on any atom is 0.319 e. The van der Waals surface area contributed by atoms with Gasteiger partial charge >= 0.3 is 12.0 Å². The Labute approximate surface area is 126 Å². The first-order valence-electron chi connectivity index (χ1n) is 6.43. The molecule has 5 nitrogen and oxygen atoms in total. The van der Waals surface area contributed by atoms with E-state index >= 15 is 0 Å². The minimum Gasteiger partial charge on any atom is -0.481 e. The predicted octanol–water partition coefficient (Wildman–Crippen LogP) is 3.01. The Balaban J connectivity index is 1.85. The van der Waals surface area contributed by atoms with Gasteiger partial charge in [0.25, 0.3) is 0 Å². The number of carboxylic acids is 1. The summed E-state index contributed by atoms with van der Waals surface area (Å²) in [6.45, 7) is 2.50. The molecule has 0 spiro atoms. The maximum atomic E-state index is 11.8. The average molecular weight is 304 g/mol. The van der Waals surface area contributed by atoms with E-state index in [1.807, 2.05) is 18.4 Å². The van der Waals surface area contributed by atoms with Gasteiger partial charge in [-0.15, -0.1) is 11.3 Å². The Hall–Kier alpha value is -2.34. The number of hydrogen-bond donors (Lipinski definition) is 3. The molecule has 0 saturated heterocycles. The van der Waals surface area contributed by atoms with E-state index < -0.39 is 5.97 Å². The van der Waals surface area contributed by atoms with Crippen LogP contribution < -0.4 is 10.6 Å². The van der Waals surface area contributed by atoms with E-state index in [9.17, 15) is 9.59 Å². The van der Waals surface area contributed by atoms with Gasteiger partial charge in [0.2, 0.25) is 0 Å². The molecule has 0 aliphatic rings. The van der Waals surface area contributed by atoms with Crippen molar-refractivity contribution in [2.45, 2.75) is 19.9 Å². The van der Waals surface area contributed by atoms with Gasteiger partial charge in [-0.2, -0.15) is 0 Å². The number of hydrogen-bond acceptors (Lipinski definition) is 3. The molecule has 0 aliphatic carbocycles. The van der Waals surface area contributed by atoms with Gasteiger partial charge in [-0.1, -0.05) is 12.1 Å². The molecule has 0 unspecified atom stereocenters. The fraction of sp³-hybridized carbons (Fsp3) is 0.200. The van der Waals surface area contributed by atoms with Gasteiger partial charge in [0.1, 0.15) is 0 Å². The number of thiophene rings is 1. The van der Waals surface area contributed by atoms with E-state index in [-0.39, 0.29) is 12.5 Å². The highest BCUT2D eigenvalue weighted by Gasteiger charge is 2.05. The summed E-state index contributed by atoms with van der Waals surface area (Å²) < 4.78 is 0. The van der Waals surface area contributed by atoms with Crippen molar-refractivity contribution in [2.24, 2.45) is 0 Å². The number of carboxylic acid groups (broad SMARTS) is 1. The zero-order chi connectivity index (χ0) is 15.2. The summed E-state index contributed by atoms with van der Waals surface area (Å²) in [4.78, 5) is 23.5. The van der Waals surface area contributed by atoms with Gasteiger partial charge in [0.15, 0.2) is 0 Å². The third-order valence-corrected chi connectivity index (χ3v) is 3.97. The fourth-order valence-electron chi connectivity index (χ4n) is 1.80. The van der Waals surface area contributed by atoms with E-state index in [2.05, 4.69) is 10.6 Å². The van der Waals surface area contributed by atoms with Gasteiger partial charge < -0.3 is 15.7 Å². The SMILES string of the molecule is Cc1ccsc1CNC(=O)Nc1ccc(CC(=O)O)cc1. The second-order valence-electron chi connectivity index (χ2n) is 4.60. The molecule has 1 aromatic carbocycles. The summed E-state index contributed by atoms with van der Waals surface area (Å²) >= 11 is 1.61. The summed E-state index contributed by atoms with van der Waals surface area (Å²) in [5, 5.41) is 16.2. The zero-order valence-electron chi connectivity index (χ0n) is 11.6. The predicted molar refractivity (Wildman–Crippen MR) is 82.7 cm³/mol. The van der Waals surface area contributed by atoms with Crippen LogP contribution in [0, 0.1) is 6.92 Å². The van der Waals surface area contributed by atoms with Crippen LogP contribution in [-0.2, 0) is 17.8 Å². The van der Waals surface area contributed by atoms with Crippen molar-refractivity contribution in [3.05, 3.63) is 51.7 Å². The van der Waals surface area contributed by atoms with Crippen molar-refractivity contribution < 1.29 is 14.7 Å². The quantitative estimate of drug-likeness (QED) is 0.794. The van der Waals surface area contributed by atoms with E-state index in [1.165, 1.54) is 5.56 Å². The lowest BCUT2D eigenvalue weighted by atomic mass is 10.1. The number of rotatable bonds is 5. The van der Waals surface area contributed by atoms with Crippen LogP contribution >= 0.6 is 11.3 Å². The third kappa shape index (κ3) is 4.61. The number of urea groups is 1. The molecule has 2 rings (SSSR count). The molecule has 0 radical (unpaired) electrons. The Morgan fingerprint density at radius 3 is 2.48 bits per heavy atom. The van der Waals surface area contributed by atoms with Crippen molar-refractivity contribution in [3.8, 4) is 0 Å². The fourth-order valence-corrected chi connectivity index (χ4v) is 2.65. The smallest absolute Gasteiger partial charge is 0.319 e. The number of carbonyl (C=O) groups excluding carboxylic acids is 1. The largest absolute Gasteiger partial charge is 0.481 e. The lowest BCUT2D eigenvalue weighted by molar-refractivity contribution is -0.136.